The molecule has 0 aliphatic carbocycles. The van der Waals surface area contributed by atoms with Crippen LogP contribution in [0.3, 0.4) is 0 Å². The molecule has 0 atom stereocenters. The van der Waals surface area contributed by atoms with Gasteiger partial charge in [0.15, 0.2) is 0 Å². The summed E-state index contributed by atoms with van der Waals surface area (Å²) >= 11 is 0. The molecule has 0 saturated heterocycles. The zero-order valence-electron chi connectivity index (χ0n) is 15.0. The summed E-state index contributed by atoms with van der Waals surface area (Å²) in [5, 5.41) is 11.0. The highest BCUT2D eigenvalue weighted by atomic mass is 19.4. The summed E-state index contributed by atoms with van der Waals surface area (Å²) in [6.45, 7) is 4.03. The maximum absolute atomic E-state index is 12.7. The van der Waals surface area contributed by atoms with Crippen molar-refractivity contribution < 1.29 is 17.7 Å². The Labute approximate surface area is 158 Å². The Balaban J connectivity index is 1.61. The summed E-state index contributed by atoms with van der Waals surface area (Å²) in [6, 6.07) is 12.5. The van der Waals surface area contributed by atoms with Crippen molar-refractivity contribution in [3.05, 3.63) is 65.2 Å². The monoisotopic (exact) mass is 384 g/mol. The molecule has 0 fully saturated rings. The van der Waals surface area contributed by atoms with E-state index in [1.54, 1.807) is 6.07 Å². The van der Waals surface area contributed by atoms with Gasteiger partial charge in [0.05, 0.1) is 11.3 Å². The molecule has 2 aromatic heterocycles. The van der Waals surface area contributed by atoms with Crippen LogP contribution in [0.5, 0.6) is 0 Å². The minimum atomic E-state index is -4.39. The van der Waals surface area contributed by atoms with Crippen molar-refractivity contribution in [3.63, 3.8) is 0 Å². The van der Waals surface area contributed by atoms with Crippen LogP contribution >= 0.6 is 0 Å². The van der Waals surface area contributed by atoms with Crippen molar-refractivity contribution >= 4 is 0 Å². The molecular weight excluding hydrogens is 369 g/mol. The fraction of sp³-hybridized carbons (Fsp3) is 0.150. The third-order valence-corrected chi connectivity index (χ3v) is 4.36. The second-order valence-electron chi connectivity index (χ2n) is 6.48. The first-order valence-electron chi connectivity index (χ1n) is 8.46. The van der Waals surface area contributed by atoms with Gasteiger partial charge >= 0.3 is 6.18 Å². The maximum atomic E-state index is 12.7. The van der Waals surface area contributed by atoms with Crippen LogP contribution in [0, 0.1) is 13.8 Å². The summed E-state index contributed by atoms with van der Waals surface area (Å²) in [5.41, 5.74) is 4.20. The van der Waals surface area contributed by atoms with Gasteiger partial charge in [-0.15, -0.1) is 0 Å². The highest BCUT2D eigenvalue weighted by Crippen LogP contribution is 2.31. The lowest BCUT2D eigenvalue weighted by Crippen LogP contribution is -2.04. The molecule has 0 aliphatic rings. The number of aryl methyl sites for hydroxylation is 2. The van der Waals surface area contributed by atoms with Gasteiger partial charge in [-0.05, 0) is 37.6 Å². The molecule has 28 heavy (non-hydrogen) atoms. The molecule has 2 aromatic carbocycles. The van der Waals surface area contributed by atoms with Gasteiger partial charge in [0.2, 0.25) is 5.82 Å². The van der Waals surface area contributed by atoms with Gasteiger partial charge in [-0.25, -0.2) is 0 Å². The van der Waals surface area contributed by atoms with Gasteiger partial charge in [-0.2, -0.15) is 23.3 Å². The molecule has 2 heterocycles. The van der Waals surface area contributed by atoms with Crippen molar-refractivity contribution in [2.24, 2.45) is 0 Å². The largest absolute Gasteiger partial charge is 0.416 e. The van der Waals surface area contributed by atoms with Gasteiger partial charge in [0.25, 0.3) is 5.89 Å². The SMILES string of the molecule is Cc1ccc(-c2cc(-c3nc(-c4ccc(C(F)(F)F)cc4)no3)[nH]n2)c(C)c1. The molecule has 1 N–H and O–H groups in total. The predicted molar refractivity (Wildman–Crippen MR) is 97.2 cm³/mol. The van der Waals surface area contributed by atoms with Crippen LogP contribution in [0.2, 0.25) is 0 Å². The average Bonchev–Trinajstić information content (AvgIpc) is 3.30. The van der Waals surface area contributed by atoms with E-state index >= 15 is 0 Å². The summed E-state index contributed by atoms with van der Waals surface area (Å²) < 4.78 is 43.3. The second-order valence-corrected chi connectivity index (χ2v) is 6.48. The number of hydrogen-bond acceptors (Lipinski definition) is 4. The third kappa shape index (κ3) is 3.40. The lowest BCUT2D eigenvalue weighted by molar-refractivity contribution is -0.137. The van der Waals surface area contributed by atoms with E-state index in [-0.39, 0.29) is 11.7 Å². The van der Waals surface area contributed by atoms with Crippen LogP contribution in [-0.2, 0) is 6.18 Å². The molecule has 5 nitrogen and oxygen atoms in total. The Morgan fingerprint density at radius 3 is 2.39 bits per heavy atom. The molecule has 4 aromatic rings. The number of nitrogens with zero attached hydrogens (tertiary/aromatic N) is 3. The zero-order chi connectivity index (χ0) is 19.9. The molecule has 0 saturated carbocycles. The zero-order valence-corrected chi connectivity index (χ0v) is 15.0. The predicted octanol–water partition coefficient (Wildman–Crippen LogP) is 5.43. The normalized spacial score (nSPS) is 11.8. The van der Waals surface area contributed by atoms with Gasteiger partial charge in [0.1, 0.15) is 5.69 Å². The van der Waals surface area contributed by atoms with Crippen molar-refractivity contribution in [1.82, 2.24) is 20.3 Å². The highest BCUT2D eigenvalue weighted by molar-refractivity contribution is 5.68. The smallest absolute Gasteiger partial charge is 0.332 e. The molecule has 0 radical (unpaired) electrons. The Morgan fingerprint density at radius 2 is 1.71 bits per heavy atom. The molecule has 0 spiro atoms. The van der Waals surface area contributed by atoms with Gasteiger partial charge in [-0.3, -0.25) is 5.10 Å². The van der Waals surface area contributed by atoms with Crippen LogP contribution < -0.4 is 0 Å². The molecular formula is C20H15F3N4O. The second kappa shape index (κ2) is 6.63. The van der Waals surface area contributed by atoms with E-state index in [4.69, 9.17) is 4.52 Å². The van der Waals surface area contributed by atoms with Crippen molar-refractivity contribution in [1.29, 1.82) is 0 Å². The lowest BCUT2D eigenvalue weighted by Gasteiger charge is -2.05. The molecule has 0 bridgehead atoms. The summed E-state index contributed by atoms with van der Waals surface area (Å²) in [7, 11) is 0. The first-order valence-corrected chi connectivity index (χ1v) is 8.46. The number of aromatic amines is 1. The van der Waals surface area contributed by atoms with Crippen molar-refractivity contribution in [3.8, 4) is 34.2 Å². The summed E-state index contributed by atoms with van der Waals surface area (Å²) in [6.07, 6.45) is -4.39. The number of alkyl halides is 3. The number of rotatable bonds is 3. The van der Waals surface area contributed by atoms with Crippen LogP contribution in [0.25, 0.3) is 34.2 Å². The van der Waals surface area contributed by atoms with E-state index in [0.717, 1.165) is 34.5 Å². The number of aromatic nitrogens is 4. The van der Waals surface area contributed by atoms with E-state index in [1.165, 1.54) is 12.1 Å². The van der Waals surface area contributed by atoms with Crippen LogP contribution in [0.15, 0.2) is 53.1 Å². The topological polar surface area (TPSA) is 67.6 Å². The standard InChI is InChI=1S/C20H15F3N4O/c1-11-3-8-15(12(2)9-11)16-10-17(26-25-16)19-24-18(27-28-19)13-4-6-14(7-5-13)20(21,22)23/h3-10H,1-2H3,(H,25,26). The van der Waals surface area contributed by atoms with Crippen LogP contribution in [-0.4, -0.2) is 20.3 Å². The van der Waals surface area contributed by atoms with E-state index in [9.17, 15) is 13.2 Å². The Kier molecular flexibility index (Phi) is 4.26. The average molecular weight is 384 g/mol. The van der Waals surface area contributed by atoms with E-state index in [2.05, 4.69) is 26.4 Å². The first kappa shape index (κ1) is 18.0. The molecule has 142 valence electrons. The van der Waals surface area contributed by atoms with Crippen LogP contribution in [0.1, 0.15) is 16.7 Å². The van der Waals surface area contributed by atoms with Crippen molar-refractivity contribution in [2.75, 3.05) is 0 Å². The highest BCUT2D eigenvalue weighted by Gasteiger charge is 2.30. The van der Waals surface area contributed by atoms with Gasteiger partial charge in [0, 0.05) is 11.1 Å². The fourth-order valence-corrected chi connectivity index (χ4v) is 2.93. The molecule has 0 aliphatic heterocycles. The summed E-state index contributed by atoms with van der Waals surface area (Å²) in [5.74, 6) is 0.407. The van der Waals surface area contributed by atoms with E-state index in [1.807, 2.05) is 26.0 Å². The van der Waals surface area contributed by atoms with E-state index in [0.29, 0.717) is 11.3 Å². The van der Waals surface area contributed by atoms with Gasteiger partial charge < -0.3 is 4.52 Å². The maximum Gasteiger partial charge on any atom is 0.416 e. The van der Waals surface area contributed by atoms with Gasteiger partial charge in [-0.1, -0.05) is 41.1 Å². The Morgan fingerprint density at radius 1 is 0.964 bits per heavy atom. The van der Waals surface area contributed by atoms with E-state index < -0.39 is 11.7 Å². The minimum absolute atomic E-state index is 0.200. The van der Waals surface area contributed by atoms with Crippen molar-refractivity contribution in [2.45, 2.75) is 20.0 Å². The number of hydrogen-bond donors (Lipinski definition) is 1. The number of benzene rings is 2. The number of nitrogens with one attached hydrogen (secondary N) is 1. The molecule has 8 heteroatoms. The third-order valence-electron chi connectivity index (χ3n) is 4.36. The summed E-state index contributed by atoms with van der Waals surface area (Å²) in [4.78, 5) is 4.26. The lowest BCUT2D eigenvalue weighted by atomic mass is 10.0. The Hall–Kier alpha value is -3.42. The number of halogens is 3. The molecule has 4 rings (SSSR count). The molecule has 0 unspecified atom stereocenters. The number of H-pyrrole nitrogens is 1. The quantitative estimate of drug-likeness (QED) is 0.511. The van der Waals surface area contributed by atoms with Crippen LogP contribution in [0.4, 0.5) is 13.2 Å². The first-order chi connectivity index (χ1) is 13.3. The molecule has 0 amide bonds. The minimum Gasteiger partial charge on any atom is -0.332 e. The Bertz CT molecular complexity index is 1130. The fourth-order valence-electron chi connectivity index (χ4n) is 2.93.